The van der Waals surface area contributed by atoms with Crippen LogP contribution >= 0.6 is 0 Å². The minimum atomic E-state index is -0.472. The van der Waals surface area contributed by atoms with Gasteiger partial charge in [0, 0.05) is 37.1 Å². The molecule has 1 amide bonds. The van der Waals surface area contributed by atoms with Crippen molar-refractivity contribution in [2.24, 2.45) is 0 Å². The molecule has 0 saturated carbocycles. The molecule has 6 nitrogen and oxygen atoms in total. The van der Waals surface area contributed by atoms with Crippen molar-refractivity contribution < 1.29 is 14.5 Å². The molecule has 0 aliphatic carbocycles. The molecule has 3 rings (SSSR count). The minimum Gasteiger partial charge on any atom is -0.312 e. The number of fused-ring (bicyclic) bond motifs is 1. The summed E-state index contributed by atoms with van der Waals surface area (Å²) in [5.74, 6) is -0.263. The summed E-state index contributed by atoms with van der Waals surface area (Å²) in [4.78, 5) is 36.5. The summed E-state index contributed by atoms with van der Waals surface area (Å²) in [6, 6.07) is 13.4. The highest BCUT2D eigenvalue weighted by Crippen LogP contribution is 2.32. The molecular weight excluding hydrogens is 308 g/mol. The lowest BCUT2D eigenvalue weighted by molar-refractivity contribution is -0.384. The third-order valence-corrected chi connectivity index (χ3v) is 4.14. The highest BCUT2D eigenvalue weighted by Gasteiger charge is 2.26. The number of nitrogens with zero attached hydrogens (tertiary/aromatic N) is 2. The Kier molecular flexibility index (Phi) is 4.37. The second-order valence-electron chi connectivity index (χ2n) is 5.65. The molecule has 0 saturated heterocycles. The maximum absolute atomic E-state index is 12.4. The van der Waals surface area contributed by atoms with Crippen molar-refractivity contribution in [1.29, 1.82) is 0 Å². The molecule has 0 fully saturated rings. The maximum atomic E-state index is 12.4. The van der Waals surface area contributed by atoms with Gasteiger partial charge >= 0.3 is 0 Å². The SMILES string of the molecule is O=C(CCC(=O)N1CCc2ccc([N+](=O)[O-])cc21)c1ccccc1. The van der Waals surface area contributed by atoms with Crippen molar-refractivity contribution in [3.8, 4) is 0 Å². The third-order valence-electron chi connectivity index (χ3n) is 4.14. The lowest BCUT2D eigenvalue weighted by atomic mass is 10.1. The molecule has 2 aromatic carbocycles. The number of carbonyl (C=O) groups is 2. The fraction of sp³-hybridized carbons (Fsp3) is 0.222. The van der Waals surface area contributed by atoms with Crippen LogP contribution in [0.15, 0.2) is 48.5 Å². The Hall–Kier alpha value is -3.02. The first-order valence-electron chi connectivity index (χ1n) is 7.72. The number of nitro groups is 1. The Balaban J connectivity index is 1.68. The molecule has 1 aliphatic rings. The van der Waals surface area contributed by atoms with Crippen LogP contribution in [0.25, 0.3) is 0 Å². The smallest absolute Gasteiger partial charge is 0.271 e. The number of benzene rings is 2. The molecule has 1 aliphatic heterocycles. The first kappa shape index (κ1) is 15.9. The van der Waals surface area contributed by atoms with Crippen molar-refractivity contribution >= 4 is 23.1 Å². The molecule has 24 heavy (non-hydrogen) atoms. The lowest BCUT2D eigenvalue weighted by Gasteiger charge is -2.17. The fourth-order valence-electron chi connectivity index (χ4n) is 2.86. The zero-order valence-corrected chi connectivity index (χ0v) is 13.0. The van der Waals surface area contributed by atoms with E-state index in [0.29, 0.717) is 24.2 Å². The summed E-state index contributed by atoms with van der Waals surface area (Å²) in [6.45, 7) is 0.495. The van der Waals surface area contributed by atoms with E-state index in [1.54, 1.807) is 35.2 Å². The normalized spacial score (nSPS) is 12.8. The van der Waals surface area contributed by atoms with E-state index in [-0.39, 0.29) is 30.2 Å². The number of amides is 1. The number of Topliss-reactive ketones (excluding diaryl/α,β-unsaturated/α-hetero) is 1. The van der Waals surface area contributed by atoms with Crippen LogP contribution in [0.2, 0.25) is 0 Å². The van der Waals surface area contributed by atoms with E-state index in [2.05, 4.69) is 0 Å². The molecule has 0 atom stereocenters. The average Bonchev–Trinajstić information content (AvgIpc) is 3.03. The first-order valence-corrected chi connectivity index (χ1v) is 7.72. The summed E-state index contributed by atoms with van der Waals surface area (Å²) in [7, 11) is 0. The van der Waals surface area contributed by atoms with Gasteiger partial charge in [0.15, 0.2) is 5.78 Å². The van der Waals surface area contributed by atoms with Crippen LogP contribution in [0, 0.1) is 10.1 Å². The van der Waals surface area contributed by atoms with E-state index in [0.717, 1.165) is 5.56 Å². The van der Waals surface area contributed by atoms with E-state index in [1.165, 1.54) is 12.1 Å². The van der Waals surface area contributed by atoms with Crippen LogP contribution < -0.4 is 4.90 Å². The summed E-state index contributed by atoms with van der Waals surface area (Å²) in [5.41, 5.74) is 2.06. The lowest BCUT2D eigenvalue weighted by Crippen LogP contribution is -2.29. The zero-order chi connectivity index (χ0) is 17.1. The van der Waals surface area contributed by atoms with Crippen LogP contribution in [0.4, 0.5) is 11.4 Å². The van der Waals surface area contributed by atoms with Crippen molar-refractivity contribution in [2.45, 2.75) is 19.3 Å². The van der Waals surface area contributed by atoms with Gasteiger partial charge in [-0.3, -0.25) is 19.7 Å². The number of anilines is 1. The molecule has 0 radical (unpaired) electrons. The van der Waals surface area contributed by atoms with E-state index < -0.39 is 4.92 Å². The minimum absolute atomic E-state index is 0.0335. The number of non-ortho nitro benzene ring substituents is 1. The van der Waals surface area contributed by atoms with Crippen LogP contribution in [-0.2, 0) is 11.2 Å². The Bertz CT molecular complexity index is 802. The van der Waals surface area contributed by atoms with Crippen LogP contribution in [0.1, 0.15) is 28.8 Å². The number of rotatable bonds is 5. The summed E-state index contributed by atoms with van der Waals surface area (Å²) < 4.78 is 0. The highest BCUT2D eigenvalue weighted by molar-refractivity contribution is 6.01. The predicted octanol–water partition coefficient (Wildman–Crippen LogP) is 3.15. The maximum Gasteiger partial charge on any atom is 0.271 e. The average molecular weight is 324 g/mol. The van der Waals surface area contributed by atoms with Crippen molar-refractivity contribution in [1.82, 2.24) is 0 Å². The van der Waals surface area contributed by atoms with Gasteiger partial charge in [-0.05, 0) is 12.0 Å². The van der Waals surface area contributed by atoms with Crippen LogP contribution in [0.5, 0.6) is 0 Å². The number of carbonyl (C=O) groups excluding carboxylic acids is 2. The van der Waals surface area contributed by atoms with Gasteiger partial charge in [0.2, 0.25) is 5.91 Å². The second kappa shape index (κ2) is 6.62. The van der Waals surface area contributed by atoms with Crippen LogP contribution in [-0.4, -0.2) is 23.2 Å². The van der Waals surface area contributed by atoms with E-state index in [4.69, 9.17) is 0 Å². The molecule has 0 bridgehead atoms. The molecule has 1 heterocycles. The molecular formula is C18H16N2O4. The van der Waals surface area contributed by atoms with E-state index in [9.17, 15) is 19.7 Å². The first-order chi connectivity index (χ1) is 11.6. The number of hydrogen-bond acceptors (Lipinski definition) is 4. The van der Waals surface area contributed by atoms with Crippen molar-refractivity contribution in [3.63, 3.8) is 0 Å². The Morgan fingerprint density at radius 1 is 1.08 bits per heavy atom. The summed E-state index contributed by atoms with van der Waals surface area (Å²) in [6.07, 6.45) is 0.894. The molecule has 0 spiro atoms. The number of hydrogen-bond donors (Lipinski definition) is 0. The van der Waals surface area contributed by atoms with E-state index in [1.807, 2.05) is 6.07 Å². The molecule has 0 aromatic heterocycles. The number of nitro benzene ring substituents is 1. The van der Waals surface area contributed by atoms with E-state index >= 15 is 0 Å². The summed E-state index contributed by atoms with van der Waals surface area (Å²) >= 11 is 0. The summed E-state index contributed by atoms with van der Waals surface area (Å²) in [5, 5.41) is 10.9. The van der Waals surface area contributed by atoms with Gasteiger partial charge < -0.3 is 4.90 Å². The van der Waals surface area contributed by atoms with Crippen LogP contribution in [0.3, 0.4) is 0 Å². The number of ketones is 1. The predicted molar refractivity (Wildman–Crippen MR) is 89.2 cm³/mol. The standard InChI is InChI=1S/C18H16N2O4/c21-17(14-4-2-1-3-5-14)8-9-18(22)19-11-10-13-6-7-15(20(23)24)12-16(13)19/h1-7,12H,8-11H2. The molecule has 0 unspecified atom stereocenters. The van der Waals surface area contributed by atoms with Gasteiger partial charge in [0.25, 0.3) is 5.69 Å². The largest absolute Gasteiger partial charge is 0.312 e. The van der Waals surface area contributed by atoms with Gasteiger partial charge in [-0.25, -0.2) is 0 Å². The topological polar surface area (TPSA) is 80.5 Å². The molecule has 6 heteroatoms. The third kappa shape index (κ3) is 3.17. The van der Waals surface area contributed by atoms with Crippen molar-refractivity contribution in [2.75, 3.05) is 11.4 Å². The zero-order valence-electron chi connectivity index (χ0n) is 13.0. The van der Waals surface area contributed by atoms with Crippen molar-refractivity contribution in [3.05, 3.63) is 69.8 Å². The fourth-order valence-corrected chi connectivity index (χ4v) is 2.86. The highest BCUT2D eigenvalue weighted by atomic mass is 16.6. The second-order valence-corrected chi connectivity index (χ2v) is 5.65. The van der Waals surface area contributed by atoms with Gasteiger partial charge in [-0.1, -0.05) is 36.4 Å². The van der Waals surface area contributed by atoms with Gasteiger partial charge in [-0.2, -0.15) is 0 Å². The Morgan fingerprint density at radius 3 is 2.54 bits per heavy atom. The molecule has 0 N–H and O–H groups in total. The van der Waals surface area contributed by atoms with Gasteiger partial charge in [0.05, 0.1) is 10.6 Å². The molecule has 2 aromatic rings. The molecule has 122 valence electrons. The monoisotopic (exact) mass is 324 g/mol. The van der Waals surface area contributed by atoms with Gasteiger partial charge in [0.1, 0.15) is 0 Å². The Morgan fingerprint density at radius 2 is 1.83 bits per heavy atom. The quantitative estimate of drug-likeness (QED) is 0.481. The van der Waals surface area contributed by atoms with Gasteiger partial charge in [-0.15, -0.1) is 0 Å². The Labute approximate surface area is 138 Å².